The number of ether oxygens (including phenoxy) is 1. The second kappa shape index (κ2) is 4.60. The lowest BCUT2D eigenvalue weighted by Gasteiger charge is -2.10. The zero-order valence-corrected chi connectivity index (χ0v) is 10.1. The van der Waals surface area contributed by atoms with Crippen molar-refractivity contribution in [2.75, 3.05) is 5.33 Å². The molecule has 0 fully saturated rings. The van der Waals surface area contributed by atoms with Gasteiger partial charge in [0.15, 0.2) is 0 Å². The number of carbonyl (C=O) groups excluding carboxylic acids is 1. The van der Waals surface area contributed by atoms with Gasteiger partial charge >= 0.3 is 5.97 Å². The maximum atomic E-state index is 11.1. The Bertz CT molecular complexity index is 335. The van der Waals surface area contributed by atoms with Crippen molar-refractivity contribution < 1.29 is 9.53 Å². The van der Waals surface area contributed by atoms with Gasteiger partial charge in [0.05, 0.1) is 0 Å². The third kappa shape index (κ3) is 2.58. The van der Waals surface area contributed by atoms with Crippen molar-refractivity contribution in [1.29, 1.82) is 0 Å². The van der Waals surface area contributed by atoms with Crippen LogP contribution in [0, 0.1) is 20.8 Å². The van der Waals surface area contributed by atoms with Gasteiger partial charge in [0.2, 0.25) is 0 Å². The zero-order chi connectivity index (χ0) is 10.7. The van der Waals surface area contributed by atoms with Crippen LogP contribution >= 0.6 is 15.9 Å². The highest BCUT2D eigenvalue weighted by atomic mass is 79.9. The number of esters is 1. The SMILES string of the molecule is Cc1cc(C)c(OC(=O)CBr)c(C)c1. The molecule has 0 saturated carbocycles. The molecule has 0 saturated heterocycles. The third-order valence-electron chi connectivity index (χ3n) is 1.93. The van der Waals surface area contributed by atoms with Crippen molar-refractivity contribution in [2.24, 2.45) is 0 Å². The number of alkyl halides is 1. The van der Waals surface area contributed by atoms with Gasteiger partial charge in [-0.1, -0.05) is 33.6 Å². The minimum Gasteiger partial charge on any atom is -0.425 e. The maximum absolute atomic E-state index is 11.1. The van der Waals surface area contributed by atoms with Gasteiger partial charge in [0.25, 0.3) is 0 Å². The van der Waals surface area contributed by atoms with Gasteiger partial charge < -0.3 is 4.74 Å². The molecule has 76 valence electrons. The molecular formula is C11H13BrO2. The van der Waals surface area contributed by atoms with E-state index in [1.165, 1.54) is 5.56 Å². The van der Waals surface area contributed by atoms with Gasteiger partial charge in [-0.25, -0.2) is 0 Å². The molecule has 0 aliphatic carbocycles. The number of halogens is 1. The van der Waals surface area contributed by atoms with E-state index in [9.17, 15) is 4.79 Å². The summed E-state index contributed by atoms with van der Waals surface area (Å²) in [5.41, 5.74) is 3.17. The molecule has 1 aromatic rings. The highest BCUT2D eigenvalue weighted by Crippen LogP contribution is 2.24. The zero-order valence-electron chi connectivity index (χ0n) is 8.56. The van der Waals surface area contributed by atoms with Crippen LogP contribution in [0.15, 0.2) is 12.1 Å². The molecule has 0 aliphatic rings. The Morgan fingerprint density at radius 1 is 1.29 bits per heavy atom. The standard InChI is InChI=1S/C11H13BrO2/c1-7-4-8(2)11(9(3)5-7)14-10(13)6-12/h4-5H,6H2,1-3H3. The maximum Gasteiger partial charge on any atom is 0.321 e. The largest absolute Gasteiger partial charge is 0.425 e. The summed E-state index contributed by atoms with van der Waals surface area (Å²) in [6, 6.07) is 4.01. The summed E-state index contributed by atoms with van der Waals surface area (Å²) in [5, 5.41) is 0.222. The quantitative estimate of drug-likeness (QED) is 0.462. The highest BCUT2D eigenvalue weighted by Gasteiger charge is 2.08. The second-order valence-electron chi connectivity index (χ2n) is 3.34. The third-order valence-corrected chi connectivity index (χ3v) is 2.39. The number of carbonyl (C=O) groups is 1. The summed E-state index contributed by atoms with van der Waals surface area (Å²) < 4.78 is 5.19. The summed E-state index contributed by atoms with van der Waals surface area (Å²) in [5.74, 6) is 0.417. The molecular weight excluding hydrogens is 244 g/mol. The van der Waals surface area contributed by atoms with Crippen LogP contribution < -0.4 is 4.74 Å². The predicted octanol–water partition coefficient (Wildman–Crippen LogP) is 2.91. The van der Waals surface area contributed by atoms with Gasteiger partial charge in [0, 0.05) is 0 Å². The lowest BCUT2D eigenvalue weighted by molar-refractivity contribution is -0.131. The van der Waals surface area contributed by atoms with Gasteiger partial charge in [-0.2, -0.15) is 0 Å². The smallest absolute Gasteiger partial charge is 0.321 e. The monoisotopic (exact) mass is 256 g/mol. The molecule has 0 spiro atoms. The van der Waals surface area contributed by atoms with Crippen molar-refractivity contribution in [3.8, 4) is 5.75 Å². The van der Waals surface area contributed by atoms with Crippen LogP contribution in [-0.4, -0.2) is 11.3 Å². The molecule has 0 bridgehead atoms. The minimum absolute atomic E-state index is 0.222. The van der Waals surface area contributed by atoms with Crippen molar-refractivity contribution in [1.82, 2.24) is 0 Å². The summed E-state index contributed by atoms with van der Waals surface area (Å²) in [6.45, 7) is 5.91. The lowest BCUT2D eigenvalue weighted by Crippen LogP contribution is -2.10. The Morgan fingerprint density at radius 3 is 2.21 bits per heavy atom. The first-order valence-corrected chi connectivity index (χ1v) is 5.51. The normalized spacial score (nSPS) is 10.0. The van der Waals surface area contributed by atoms with E-state index in [4.69, 9.17) is 4.74 Å². The van der Waals surface area contributed by atoms with E-state index in [0.29, 0.717) is 5.75 Å². The Morgan fingerprint density at radius 2 is 1.79 bits per heavy atom. The van der Waals surface area contributed by atoms with Crippen molar-refractivity contribution in [3.63, 3.8) is 0 Å². The highest BCUT2D eigenvalue weighted by molar-refractivity contribution is 9.09. The first-order chi connectivity index (χ1) is 6.54. The molecule has 14 heavy (non-hydrogen) atoms. The number of aryl methyl sites for hydroxylation is 3. The van der Waals surface area contributed by atoms with E-state index in [1.807, 2.05) is 32.9 Å². The van der Waals surface area contributed by atoms with Crippen molar-refractivity contribution in [3.05, 3.63) is 28.8 Å². The average Bonchev–Trinajstić information content (AvgIpc) is 2.10. The topological polar surface area (TPSA) is 26.3 Å². The number of benzene rings is 1. The van der Waals surface area contributed by atoms with Gasteiger partial charge in [0.1, 0.15) is 11.1 Å². The Balaban J connectivity index is 3.02. The fourth-order valence-corrected chi connectivity index (χ4v) is 1.58. The molecule has 1 aromatic carbocycles. The fourth-order valence-electron chi connectivity index (χ4n) is 1.47. The van der Waals surface area contributed by atoms with E-state index < -0.39 is 0 Å². The molecule has 0 heterocycles. The molecule has 2 nitrogen and oxygen atoms in total. The number of rotatable bonds is 2. The summed E-state index contributed by atoms with van der Waals surface area (Å²) in [4.78, 5) is 11.1. The van der Waals surface area contributed by atoms with Gasteiger partial charge in [-0.05, 0) is 31.9 Å². The molecule has 0 unspecified atom stereocenters. The summed E-state index contributed by atoms with van der Waals surface area (Å²) in [6.07, 6.45) is 0. The van der Waals surface area contributed by atoms with Crippen molar-refractivity contribution in [2.45, 2.75) is 20.8 Å². The van der Waals surface area contributed by atoms with Crippen LogP contribution in [0.1, 0.15) is 16.7 Å². The van der Waals surface area contributed by atoms with Gasteiger partial charge in [-0.3, -0.25) is 4.79 Å². The molecule has 0 aromatic heterocycles. The van der Waals surface area contributed by atoms with Gasteiger partial charge in [-0.15, -0.1) is 0 Å². The first-order valence-electron chi connectivity index (χ1n) is 4.39. The Labute approximate surface area is 92.4 Å². The van der Waals surface area contributed by atoms with Crippen LogP contribution in [0.25, 0.3) is 0 Å². The van der Waals surface area contributed by atoms with Crippen LogP contribution in [0.3, 0.4) is 0 Å². The second-order valence-corrected chi connectivity index (χ2v) is 3.90. The minimum atomic E-state index is -0.264. The Kier molecular flexibility index (Phi) is 3.69. The molecule has 3 heteroatoms. The number of hydrogen-bond donors (Lipinski definition) is 0. The van der Waals surface area contributed by atoms with E-state index in [2.05, 4.69) is 15.9 Å². The van der Waals surface area contributed by atoms with E-state index in [0.717, 1.165) is 11.1 Å². The first kappa shape index (κ1) is 11.2. The van der Waals surface area contributed by atoms with E-state index in [1.54, 1.807) is 0 Å². The molecule has 0 atom stereocenters. The lowest BCUT2D eigenvalue weighted by atomic mass is 10.1. The fraction of sp³-hybridized carbons (Fsp3) is 0.364. The van der Waals surface area contributed by atoms with Crippen LogP contribution in [-0.2, 0) is 4.79 Å². The summed E-state index contributed by atoms with van der Waals surface area (Å²) in [7, 11) is 0. The molecule has 0 N–H and O–H groups in total. The molecule has 0 aliphatic heterocycles. The number of hydrogen-bond acceptors (Lipinski definition) is 2. The van der Waals surface area contributed by atoms with Crippen LogP contribution in [0.2, 0.25) is 0 Å². The van der Waals surface area contributed by atoms with E-state index in [-0.39, 0.29) is 11.3 Å². The predicted molar refractivity (Wildman–Crippen MR) is 60.1 cm³/mol. The van der Waals surface area contributed by atoms with E-state index >= 15 is 0 Å². The molecule has 1 rings (SSSR count). The van der Waals surface area contributed by atoms with Crippen LogP contribution in [0.5, 0.6) is 5.75 Å². The van der Waals surface area contributed by atoms with Crippen LogP contribution in [0.4, 0.5) is 0 Å². The molecule has 0 radical (unpaired) electrons. The average molecular weight is 257 g/mol. The van der Waals surface area contributed by atoms with Crippen molar-refractivity contribution >= 4 is 21.9 Å². The summed E-state index contributed by atoms with van der Waals surface area (Å²) >= 11 is 3.06. The Hall–Kier alpha value is -0.830. The molecule has 0 amide bonds.